The van der Waals surface area contributed by atoms with Crippen LogP contribution in [0.15, 0.2) is 47.8 Å². The highest BCUT2D eigenvalue weighted by molar-refractivity contribution is 7.13. The first-order valence-electron chi connectivity index (χ1n) is 9.30. The van der Waals surface area contributed by atoms with E-state index in [1.807, 2.05) is 37.4 Å². The average molecular weight is 410 g/mol. The molecule has 0 saturated heterocycles. The zero-order valence-corrected chi connectivity index (χ0v) is 17.4. The third-order valence-electron chi connectivity index (χ3n) is 4.29. The monoisotopic (exact) mass is 409 g/mol. The highest BCUT2D eigenvalue weighted by atomic mass is 32.1. The van der Waals surface area contributed by atoms with Gasteiger partial charge in [-0.15, -0.1) is 11.3 Å². The number of aryl methyl sites for hydroxylation is 2. The molecule has 3 rings (SSSR count). The fourth-order valence-electron chi connectivity index (χ4n) is 2.71. The van der Waals surface area contributed by atoms with E-state index in [-0.39, 0.29) is 11.9 Å². The van der Waals surface area contributed by atoms with Gasteiger partial charge in [-0.3, -0.25) is 10.1 Å². The molecule has 0 fully saturated rings. The topological polar surface area (TPSA) is 80.3 Å². The van der Waals surface area contributed by atoms with Crippen LogP contribution in [0.5, 0.6) is 0 Å². The molecule has 29 heavy (non-hydrogen) atoms. The number of amides is 1. The molecular formula is C22H23N3O3S. The molecule has 0 bridgehead atoms. The van der Waals surface area contributed by atoms with Crippen molar-refractivity contribution in [3.05, 3.63) is 75.8 Å². The summed E-state index contributed by atoms with van der Waals surface area (Å²) in [5.41, 5.74) is 4.90. The van der Waals surface area contributed by atoms with Crippen LogP contribution in [0.4, 0.5) is 10.8 Å². The Morgan fingerprint density at radius 3 is 2.45 bits per heavy atom. The number of nitrogens with one attached hydrogen (secondary N) is 2. The van der Waals surface area contributed by atoms with E-state index in [1.165, 1.54) is 11.3 Å². The highest BCUT2D eigenvalue weighted by Crippen LogP contribution is 2.19. The Kier molecular flexibility index (Phi) is 6.61. The molecule has 0 aliphatic heterocycles. The zero-order valence-electron chi connectivity index (χ0n) is 16.6. The van der Waals surface area contributed by atoms with Crippen molar-refractivity contribution in [3.8, 4) is 0 Å². The summed E-state index contributed by atoms with van der Waals surface area (Å²) in [4.78, 5) is 28.5. The summed E-state index contributed by atoms with van der Waals surface area (Å²) in [7, 11) is 0. The van der Waals surface area contributed by atoms with Gasteiger partial charge in [-0.1, -0.05) is 18.2 Å². The van der Waals surface area contributed by atoms with Crippen molar-refractivity contribution in [2.24, 2.45) is 0 Å². The molecule has 2 N–H and O–H groups in total. The highest BCUT2D eigenvalue weighted by Gasteiger charge is 2.10. The Labute approximate surface area is 173 Å². The van der Waals surface area contributed by atoms with Gasteiger partial charge in [0.05, 0.1) is 17.9 Å². The first-order chi connectivity index (χ1) is 14.0. The van der Waals surface area contributed by atoms with Gasteiger partial charge in [0.2, 0.25) is 0 Å². The van der Waals surface area contributed by atoms with Crippen LogP contribution in [0.3, 0.4) is 0 Å². The summed E-state index contributed by atoms with van der Waals surface area (Å²) in [5, 5.41) is 8.63. The number of ether oxygens (including phenoxy) is 1. The molecule has 1 aromatic heterocycles. The summed E-state index contributed by atoms with van der Waals surface area (Å²) in [6.07, 6.45) is 0. The Bertz CT molecular complexity index is 1010. The van der Waals surface area contributed by atoms with E-state index in [1.54, 1.807) is 31.2 Å². The fraction of sp³-hybridized carbons (Fsp3) is 0.227. The quantitative estimate of drug-likeness (QED) is 0.548. The van der Waals surface area contributed by atoms with Crippen LogP contribution in [0.2, 0.25) is 0 Å². The fourth-order valence-corrected chi connectivity index (χ4v) is 3.39. The summed E-state index contributed by atoms with van der Waals surface area (Å²) in [5.74, 6) is -0.516. The lowest BCUT2D eigenvalue weighted by Gasteiger charge is -2.12. The molecule has 7 heteroatoms. The van der Waals surface area contributed by atoms with Crippen LogP contribution in [-0.4, -0.2) is 23.5 Å². The van der Waals surface area contributed by atoms with E-state index in [9.17, 15) is 9.59 Å². The third-order valence-corrected chi connectivity index (χ3v) is 5.16. The van der Waals surface area contributed by atoms with Gasteiger partial charge in [-0.05, 0) is 56.2 Å². The van der Waals surface area contributed by atoms with E-state index in [2.05, 4.69) is 15.6 Å². The van der Waals surface area contributed by atoms with Crippen molar-refractivity contribution >= 4 is 34.0 Å². The predicted molar refractivity (Wildman–Crippen MR) is 116 cm³/mol. The van der Waals surface area contributed by atoms with E-state index in [0.717, 1.165) is 22.5 Å². The van der Waals surface area contributed by atoms with E-state index in [0.29, 0.717) is 29.4 Å². The van der Waals surface area contributed by atoms with Crippen molar-refractivity contribution in [1.82, 2.24) is 4.98 Å². The van der Waals surface area contributed by atoms with Gasteiger partial charge in [0.25, 0.3) is 5.91 Å². The Balaban J connectivity index is 1.62. The number of esters is 1. The van der Waals surface area contributed by atoms with Crippen LogP contribution >= 0.6 is 11.3 Å². The van der Waals surface area contributed by atoms with Crippen molar-refractivity contribution in [2.45, 2.75) is 27.3 Å². The molecule has 2 aromatic carbocycles. The van der Waals surface area contributed by atoms with Crippen LogP contribution in [-0.2, 0) is 11.3 Å². The number of hydrogen-bond acceptors (Lipinski definition) is 6. The van der Waals surface area contributed by atoms with Crippen molar-refractivity contribution < 1.29 is 14.3 Å². The Hall–Kier alpha value is -3.19. The van der Waals surface area contributed by atoms with Gasteiger partial charge >= 0.3 is 5.97 Å². The zero-order chi connectivity index (χ0) is 20.8. The molecule has 1 amide bonds. The number of carbonyl (C=O) groups excluding carboxylic acids is 2. The number of anilines is 2. The standard InChI is InChI=1S/C22H23N3O3S/c1-4-28-21(27)18-8-5-14(2)19(11-18)23-12-16-6-9-17(10-7-16)20(26)25-22-24-15(3)13-29-22/h5-11,13,23H,4,12H2,1-3H3,(H,24,25,26). The lowest BCUT2D eigenvalue weighted by Crippen LogP contribution is -2.12. The first kappa shape index (κ1) is 20.5. The normalized spacial score (nSPS) is 10.4. The van der Waals surface area contributed by atoms with Crippen LogP contribution < -0.4 is 10.6 Å². The number of rotatable bonds is 7. The van der Waals surface area contributed by atoms with Gasteiger partial charge in [-0.25, -0.2) is 9.78 Å². The lowest BCUT2D eigenvalue weighted by atomic mass is 10.1. The van der Waals surface area contributed by atoms with Gasteiger partial charge in [0.1, 0.15) is 0 Å². The second-order valence-corrected chi connectivity index (χ2v) is 7.41. The molecule has 3 aromatic rings. The Morgan fingerprint density at radius 1 is 1.07 bits per heavy atom. The molecule has 6 nitrogen and oxygen atoms in total. The molecule has 0 aliphatic rings. The maximum Gasteiger partial charge on any atom is 0.338 e. The molecule has 1 heterocycles. The van der Waals surface area contributed by atoms with Crippen LogP contribution in [0.1, 0.15) is 44.5 Å². The number of carbonyl (C=O) groups is 2. The van der Waals surface area contributed by atoms with Crippen LogP contribution in [0, 0.1) is 13.8 Å². The third kappa shape index (κ3) is 5.42. The van der Waals surface area contributed by atoms with Crippen LogP contribution in [0.25, 0.3) is 0 Å². The SMILES string of the molecule is CCOC(=O)c1ccc(C)c(NCc2ccc(C(=O)Nc3nc(C)cs3)cc2)c1. The van der Waals surface area contributed by atoms with E-state index < -0.39 is 0 Å². The molecular weight excluding hydrogens is 386 g/mol. The van der Waals surface area contributed by atoms with Gasteiger partial charge in [0, 0.05) is 23.2 Å². The van der Waals surface area contributed by atoms with E-state index in [4.69, 9.17) is 4.74 Å². The second-order valence-electron chi connectivity index (χ2n) is 6.55. The van der Waals surface area contributed by atoms with Gasteiger partial charge in [-0.2, -0.15) is 0 Å². The molecule has 0 saturated carbocycles. The predicted octanol–water partition coefficient (Wildman–Crippen LogP) is 4.80. The number of aromatic nitrogens is 1. The summed E-state index contributed by atoms with van der Waals surface area (Å²) < 4.78 is 5.06. The molecule has 0 aliphatic carbocycles. The molecule has 150 valence electrons. The number of nitrogens with zero attached hydrogens (tertiary/aromatic N) is 1. The minimum atomic E-state index is -0.332. The van der Waals surface area contributed by atoms with Crippen molar-refractivity contribution in [2.75, 3.05) is 17.2 Å². The smallest absolute Gasteiger partial charge is 0.338 e. The van der Waals surface area contributed by atoms with Crippen molar-refractivity contribution in [1.29, 1.82) is 0 Å². The minimum Gasteiger partial charge on any atom is -0.462 e. The summed E-state index contributed by atoms with van der Waals surface area (Å²) in [6.45, 7) is 6.56. The van der Waals surface area contributed by atoms with Gasteiger partial charge in [0.15, 0.2) is 5.13 Å². The molecule has 0 atom stereocenters. The Morgan fingerprint density at radius 2 is 1.79 bits per heavy atom. The molecule has 0 radical (unpaired) electrons. The number of benzene rings is 2. The average Bonchev–Trinajstić information content (AvgIpc) is 3.12. The van der Waals surface area contributed by atoms with Crippen molar-refractivity contribution in [3.63, 3.8) is 0 Å². The molecule has 0 unspecified atom stereocenters. The van der Waals surface area contributed by atoms with Gasteiger partial charge < -0.3 is 10.1 Å². The molecule has 0 spiro atoms. The summed E-state index contributed by atoms with van der Waals surface area (Å²) >= 11 is 1.40. The number of thiazole rings is 1. The van der Waals surface area contributed by atoms with E-state index >= 15 is 0 Å². The maximum absolute atomic E-state index is 12.3. The maximum atomic E-state index is 12.3. The summed E-state index contributed by atoms with van der Waals surface area (Å²) in [6, 6.07) is 12.8. The second kappa shape index (κ2) is 9.34. The first-order valence-corrected chi connectivity index (χ1v) is 10.2. The minimum absolute atomic E-state index is 0.183. The lowest BCUT2D eigenvalue weighted by molar-refractivity contribution is 0.0526. The number of hydrogen-bond donors (Lipinski definition) is 2. The largest absolute Gasteiger partial charge is 0.462 e.